The van der Waals surface area contributed by atoms with Crippen molar-refractivity contribution in [2.45, 2.75) is 44.6 Å². The fraction of sp³-hybridized carbons (Fsp3) is 0.600. The van der Waals surface area contributed by atoms with Crippen molar-refractivity contribution in [2.75, 3.05) is 13.1 Å². The maximum atomic E-state index is 9.57. The second-order valence-electron chi connectivity index (χ2n) is 5.45. The van der Waals surface area contributed by atoms with Crippen LogP contribution in [0.5, 0.6) is 5.75 Å². The van der Waals surface area contributed by atoms with Crippen LogP contribution in [0.3, 0.4) is 0 Å². The quantitative estimate of drug-likeness (QED) is 0.803. The molecule has 0 spiro atoms. The number of phenols is 1. The summed E-state index contributed by atoms with van der Waals surface area (Å²) in [6, 6.07) is 6.59. The molecular weight excluding hydrogens is 210 g/mol. The molecule has 1 aliphatic carbocycles. The SMILES string of the molecule is Oc1ccc2c(c1)CC(N1CCCCC1)CC2. The van der Waals surface area contributed by atoms with Crippen molar-refractivity contribution in [1.29, 1.82) is 0 Å². The van der Waals surface area contributed by atoms with Gasteiger partial charge in [0.2, 0.25) is 0 Å². The van der Waals surface area contributed by atoms with Crippen LogP contribution in [0.25, 0.3) is 0 Å². The zero-order chi connectivity index (χ0) is 11.7. The van der Waals surface area contributed by atoms with Crippen molar-refractivity contribution >= 4 is 0 Å². The predicted octanol–water partition coefficient (Wildman–Crippen LogP) is 2.74. The summed E-state index contributed by atoms with van der Waals surface area (Å²) in [7, 11) is 0. The number of piperidine rings is 1. The second kappa shape index (κ2) is 4.69. The number of rotatable bonds is 1. The summed E-state index contributed by atoms with van der Waals surface area (Å²) in [6.45, 7) is 2.55. The molecule has 0 amide bonds. The zero-order valence-electron chi connectivity index (χ0n) is 10.4. The van der Waals surface area contributed by atoms with Gasteiger partial charge in [0, 0.05) is 6.04 Å². The van der Waals surface area contributed by atoms with Gasteiger partial charge in [-0.15, -0.1) is 0 Å². The molecule has 1 aliphatic heterocycles. The number of fused-ring (bicyclic) bond motifs is 1. The lowest BCUT2D eigenvalue weighted by Crippen LogP contribution is -2.42. The van der Waals surface area contributed by atoms with Crippen LogP contribution in [0.2, 0.25) is 0 Å². The molecule has 2 nitrogen and oxygen atoms in total. The van der Waals surface area contributed by atoms with E-state index in [1.54, 1.807) is 0 Å². The Morgan fingerprint density at radius 1 is 1.06 bits per heavy atom. The topological polar surface area (TPSA) is 23.5 Å². The molecule has 1 aromatic rings. The summed E-state index contributed by atoms with van der Waals surface area (Å²) in [5.74, 6) is 0.419. The highest BCUT2D eigenvalue weighted by Crippen LogP contribution is 2.28. The fourth-order valence-corrected chi connectivity index (χ4v) is 3.32. The average molecular weight is 231 g/mol. The molecule has 3 rings (SSSR count). The zero-order valence-corrected chi connectivity index (χ0v) is 10.4. The van der Waals surface area contributed by atoms with E-state index < -0.39 is 0 Å². The number of hydrogen-bond acceptors (Lipinski definition) is 2. The van der Waals surface area contributed by atoms with Gasteiger partial charge in [0.1, 0.15) is 5.75 Å². The molecule has 1 fully saturated rings. The van der Waals surface area contributed by atoms with E-state index in [4.69, 9.17) is 0 Å². The van der Waals surface area contributed by atoms with Crippen LogP contribution in [0.4, 0.5) is 0 Å². The third-order valence-corrected chi connectivity index (χ3v) is 4.30. The van der Waals surface area contributed by atoms with E-state index in [-0.39, 0.29) is 0 Å². The van der Waals surface area contributed by atoms with Crippen LogP contribution in [0, 0.1) is 0 Å². The molecule has 0 bridgehead atoms. The van der Waals surface area contributed by atoms with E-state index in [0.717, 1.165) is 6.42 Å². The number of benzene rings is 1. The van der Waals surface area contributed by atoms with E-state index in [9.17, 15) is 5.11 Å². The van der Waals surface area contributed by atoms with Gasteiger partial charge in [-0.3, -0.25) is 0 Å². The van der Waals surface area contributed by atoms with E-state index >= 15 is 0 Å². The molecule has 1 aromatic carbocycles. The Morgan fingerprint density at radius 2 is 1.88 bits per heavy atom. The standard InChI is InChI=1S/C15H21NO/c17-15-7-5-12-4-6-14(10-13(12)11-15)16-8-2-1-3-9-16/h5,7,11,14,17H,1-4,6,8-10H2. The van der Waals surface area contributed by atoms with E-state index in [2.05, 4.69) is 11.0 Å². The molecule has 2 aliphatic rings. The van der Waals surface area contributed by atoms with E-state index in [1.807, 2.05) is 12.1 Å². The van der Waals surface area contributed by atoms with Crippen molar-refractivity contribution in [2.24, 2.45) is 0 Å². The normalized spacial score (nSPS) is 25.5. The Labute approximate surface area is 103 Å². The molecule has 2 heteroatoms. The maximum absolute atomic E-state index is 9.57. The fourth-order valence-electron chi connectivity index (χ4n) is 3.32. The summed E-state index contributed by atoms with van der Waals surface area (Å²) < 4.78 is 0. The van der Waals surface area contributed by atoms with Gasteiger partial charge in [-0.1, -0.05) is 12.5 Å². The Kier molecular flexibility index (Phi) is 3.06. The van der Waals surface area contributed by atoms with Crippen LogP contribution >= 0.6 is 0 Å². The molecule has 1 unspecified atom stereocenters. The van der Waals surface area contributed by atoms with E-state index in [1.165, 1.54) is 56.3 Å². The maximum Gasteiger partial charge on any atom is 0.115 e. The first-order valence-corrected chi connectivity index (χ1v) is 6.88. The van der Waals surface area contributed by atoms with Gasteiger partial charge in [0.25, 0.3) is 0 Å². The summed E-state index contributed by atoms with van der Waals surface area (Å²) in [5.41, 5.74) is 2.81. The number of likely N-dealkylation sites (tertiary alicyclic amines) is 1. The summed E-state index contributed by atoms with van der Waals surface area (Å²) in [5, 5.41) is 9.57. The summed E-state index contributed by atoms with van der Waals surface area (Å²) >= 11 is 0. The minimum absolute atomic E-state index is 0.419. The smallest absolute Gasteiger partial charge is 0.115 e. The lowest BCUT2D eigenvalue weighted by Gasteiger charge is -2.37. The number of phenolic OH excluding ortho intramolecular Hbond substituents is 1. The summed E-state index contributed by atoms with van der Waals surface area (Å²) in [6.07, 6.45) is 7.73. The molecule has 92 valence electrons. The Morgan fingerprint density at radius 3 is 2.71 bits per heavy atom. The Hall–Kier alpha value is -1.02. The predicted molar refractivity (Wildman–Crippen MR) is 69.3 cm³/mol. The molecule has 1 saturated heterocycles. The molecular formula is C15H21NO. The largest absolute Gasteiger partial charge is 0.508 e. The highest BCUT2D eigenvalue weighted by molar-refractivity contribution is 5.37. The van der Waals surface area contributed by atoms with Crippen molar-refractivity contribution in [3.05, 3.63) is 29.3 Å². The van der Waals surface area contributed by atoms with Gasteiger partial charge in [0.05, 0.1) is 0 Å². The number of nitrogens with zero attached hydrogens (tertiary/aromatic N) is 1. The molecule has 17 heavy (non-hydrogen) atoms. The second-order valence-corrected chi connectivity index (χ2v) is 5.45. The van der Waals surface area contributed by atoms with E-state index in [0.29, 0.717) is 11.8 Å². The Bertz CT molecular complexity index is 396. The molecule has 1 heterocycles. The van der Waals surface area contributed by atoms with Gasteiger partial charge in [-0.2, -0.15) is 0 Å². The van der Waals surface area contributed by atoms with Crippen LogP contribution < -0.4 is 0 Å². The highest BCUT2D eigenvalue weighted by atomic mass is 16.3. The molecule has 0 saturated carbocycles. The van der Waals surface area contributed by atoms with Crippen molar-refractivity contribution < 1.29 is 5.11 Å². The van der Waals surface area contributed by atoms with Gasteiger partial charge in [-0.05, 0) is 68.5 Å². The average Bonchev–Trinajstić information content (AvgIpc) is 2.39. The van der Waals surface area contributed by atoms with Crippen LogP contribution in [0.15, 0.2) is 18.2 Å². The van der Waals surface area contributed by atoms with Crippen LogP contribution in [-0.2, 0) is 12.8 Å². The van der Waals surface area contributed by atoms with Crippen molar-refractivity contribution in [3.63, 3.8) is 0 Å². The number of aromatic hydroxyl groups is 1. The first-order valence-electron chi connectivity index (χ1n) is 6.88. The molecule has 0 aromatic heterocycles. The lowest BCUT2D eigenvalue weighted by molar-refractivity contribution is 0.150. The van der Waals surface area contributed by atoms with Crippen molar-refractivity contribution in [3.8, 4) is 5.75 Å². The minimum Gasteiger partial charge on any atom is -0.508 e. The van der Waals surface area contributed by atoms with Crippen LogP contribution in [0.1, 0.15) is 36.8 Å². The molecule has 1 N–H and O–H groups in total. The molecule has 0 radical (unpaired) electrons. The third-order valence-electron chi connectivity index (χ3n) is 4.30. The highest BCUT2D eigenvalue weighted by Gasteiger charge is 2.25. The monoisotopic (exact) mass is 231 g/mol. The summed E-state index contributed by atoms with van der Waals surface area (Å²) in [4.78, 5) is 2.66. The van der Waals surface area contributed by atoms with Gasteiger partial charge >= 0.3 is 0 Å². The van der Waals surface area contributed by atoms with Crippen LogP contribution in [-0.4, -0.2) is 29.1 Å². The minimum atomic E-state index is 0.419. The first kappa shape index (κ1) is 11.1. The molecule has 1 atom stereocenters. The van der Waals surface area contributed by atoms with Gasteiger partial charge in [-0.25, -0.2) is 0 Å². The third kappa shape index (κ3) is 2.32. The Balaban J connectivity index is 1.75. The van der Waals surface area contributed by atoms with Gasteiger partial charge < -0.3 is 10.0 Å². The van der Waals surface area contributed by atoms with Crippen molar-refractivity contribution in [1.82, 2.24) is 4.90 Å². The van der Waals surface area contributed by atoms with Gasteiger partial charge in [0.15, 0.2) is 0 Å². The lowest BCUT2D eigenvalue weighted by atomic mass is 9.86. The first-order chi connectivity index (χ1) is 8.33. The number of aryl methyl sites for hydroxylation is 1. The number of hydrogen-bond donors (Lipinski definition) is 1.